The lowest BCUT2D eigenvalue weighted by Gasteiger charge is -2.40. The van der Waals surface area contributed by atoms with E-state index in [-0.39, 0.29) is 23.8 Å². The summed E-state index contributed by atoms with van der Waals surface area (Å²) in [6.07, 6.45) is 3.88. The van der Waals surface area contributed by atoms with Crippen molar-refractivity contribution in [3.05, 3.63) is 24.3 Å². The SMILES string of the molecule is CC(C)(C)C1CCC2(CC1)NC(=O)N(CC(=O)N1CCCN(c3nc4ccccc4[nH]3)CC1)C2=O. The number of imide groups is 1. The Kier molecular flexibility index (Phi) is 5.97. The highest BCUT2D eigenvalue weighted by molar-refractivity contribution is 6.09. The number of carbonyl (C=O) groups excluding carboxylic acids is 3. The summed E-state index contributed by atoms with van der Waals surface area (Å²) in [7, 11) is 0. The molecular weight excluding hydrogens is 444 g/mol. The fraction of sp³-hybridized carbons (Fsp3) is 0.615. The molecule has 4 amide bonds. The molecule has 0 atom stereocenters. The van der Waals surface area contributed by atoms with E-state index in [0.29, 0.717) is 38.4 Å². The molecule has 35 heavy (non-hydrogen) atoms. The first-order chi connectivity index (χ1) is 16.7. The summed E-state index contributed by atoms with van der Waals surface area (Å²) >= 11 is 0. The second-order valence-corrected chi connectivity index (χ2v) is 11.3. The second-order valence-electron chi connectivity index (χ2n) is 11.3. The van der Waals surface area contributed by atoms with Gasteiger partial charge in [0.1, 0.15) is 12.1 Å². The van der Waals surface area contributed by atoms with Gasteiger partial charge in [0, 0.05) is 26.2 Å². The minimum atomic E-state index is -0.837. The largest absolute Gasteiger partial charge is 0.341 e. The number of anilines is 1. The number of hydrogen-bond donors (Lipinski definition) is 2. The number of nitrogens with one attached hydrogen (secondary N) is 2. The number of benzene rings is 1. The summed E-state index contributed by atoms with van der Waals surface area (Å²) in [6.45, 7) is 9.04. The summed E-state index contributed by atoms with van der Waals surface area (Å²) in [5, 5.41) is 2.95. The van der Waals surface area contributed by atoms with Gasteiger partial charge in [-0.1, -0.05) is 32.9 Å². The van der Waals surface area contributed by atoms with E-state index >= 15 is 0 Å². The van der Waals surface area contributed by atoms with Gasteiger partial charge in [0.15, 0.2) is 0 Å². The first-order valence-corrected chi connectivity index (χ1v) is 12.8. The van der Waals surface area contributed by atoms with Crippen molar-refractivity contribution in [1.29, 1.82) is 0 Å². The number of nitrogens with zero attached hydrogens (tertiary/aromatic N) is 4. The van der Waals surface area contributed by atoms with Crippen LogP contribution in [0.3, 0.4) is 0 Å². The normalized spacial score (nSPS) is 25.9. The molecule has 5 rings (SSSR count). The van der Waals surface area contributed by atoms with E-state index in [1.165, 1.54) is 0 Å². The van der Waals surface area contributed by atoms with Gasteiger partial charge >= 0.3 is 6.03 Å². The zero-order valence-electron chi connectivity index (χ0n) is 21.0. The van der Waals surface area contributed by atoms with Crippen LogP contribution in [-0.4, -0.2) is 75.9 Å². The fourth-order valence-corrected chi connectivity index (χ4v) is 5.84. The van der Waals surface area contributed by atoms with Crippen molar-refractivity contribution in [3.63, 3.8) is 0 Å². The van der Waals surface area contributed by atoms with Crippen LogP contribution in [0.25, 0.3) is 11.0 Å². The third-order valence-electron chi connectivity index (χ3n) is 8.13. The van der Waals surface area contributed by atoms with E-state index < -0.39 is 11.6 Å². The standard InChI is InChI=1S/C26H36N6O3/c1-25(2,3)18-9-11-26(12-10-18)22(34)32(24(35)29-26)17-21(33)30-13-6-14-31(16-15-30)23-27-19-7-4-5-8-20(19)28-23/h4-5,7-8,18H,6,9-17H2,1-3H3,(H,27,28)(H,29,35). The van der Waals surface area contributed by atoms with Crippen molar-refractivity contribution in [3.8, 4) is 0 Å². The van der Waals surface area contributed by atoms with Crippen molar-refractivity contribution in [2.45, 2.75) is 58.4 Å². The van der Waals surface area contributed by atoms with Crippen LogP contribution in [0.4, 0.5) is 10.7 Å². The molecule has 3 heterocycles. The van der Waals surface area contributed by atoms with Gasteiger partial charge in [0.05, 0.1) is 11.0 Å². The Labute approximate surface area is 206 Å². The second kappa shape index (κ2) is 8.84. The van der Waals surface area contributed by atoms with E-state index in [1.807, 2.05) is 24.3 Å². The molecule has 3 fully saturated rings. The number of urea groups is 1. The van der Waals surface area contributed by atoms with E-state index in [9.17, 15) is 14.4 Å². The third-order valence-corrected chi connectivity index (χ3v) is 8.13. The predicted molar refractivity (Wildman–Crippen MR) is 134 cm³/mol. The number of carbonyl (C=O) groups is 3. The van der Waals surface area contributed by atoms with Crippen molar-refractivity contribution < 1.29 is 14.4 Å². The molecule has 1 aliphatic carbocycles. The number of para-hydroxylation sites is 2. The molecule has 9 nitrogen and oxygen atoms in total. The van der Waals surface area contributed by atoms with Crippen molar-refractivity contribution >= 4 is 34.8 Å². The van der Waals surface area contributed by atoms with Crippen molar-refractivity contribution in [2.24, 2.45) is 11.3 Å². The van der Waals surface area contributed by atoms with Crippen LogP contribution in [-0.2, 0) is 9.59 Å². The van der Waals surface area contributed by atoms with Crippen LogP contribution in [0, 0.1) is 11.3 Å². The Bertz CT molecular complexity index is 1090. The lowest BCUT2D eigenvalue weighted by atomic mass is 9.67. The van der Waals surface area contributed by atoms with Gasteiger partial charge in [-0.2, -0.15) is 0 Å². The van der Waals surface area contributed by atoms with Crippen molar-refractivity contribution in [2.75, 3.05) is 37.6 Å². The first kappa shape index (κ1) is 23.6. The summed E-state index contributed by atoms with van der Waals surface area (Å²) in [4.78, 5) is 52.3. The molecule has 1 saturated carbocycles. The molecule has 188 valence electrons. The fourth-order valence-electron chi connectivity index (χ4n) is 5.84. The zero-order chi connectivity index (χ0) is 24.8. The Morgan fingerprint density at radius 3 is 2.54 bits per heavy atom. The molecule has 1 aromatic heterocycles. The maximum atomic E-state index is 13.3. The molecule has 0 radical (unpaired) electrons. The van der Waals surface area contributed by atoms with Crippen LogP contribution in [0.1, 0.15) is 52.9 Å². The molecule has 2 N–H and O–H groups in total. The topological polar surface area (TPSA) is 102 Å². The number of aromatic amines is 1. The number of aromatic nitrogens is 2. The Balaban J connectivity index is 1.20. The number of H-pyrrole nitrogens is 1. The molecule has 2 aliphatic heterocycles. The average molecular weight is 481 g/mol. The van der Waals surface area contributed by atoms with Gasteiger partial charge in [-0.3, -0.25) is 14.5 Å². The van der Waals surface area contributed by atoms with Crippen LogP contribution < -0.4 is 10.2 Å². The number of rotatable bonds is 3. The van der Waals surface area contributed by atoms with Crippen molar-refractivity contribution in [1.82, 2.24) is 25.1 Å². The molecule has 0 bridgehead atoms. The molecule has 1 aromatic carbocycles. The minimum Gasteiger partial charge on any atom is -0.341 e. The number of hydrogen-bond acceptors (Lipinski definition) is 5. The molecule has 9 heteroatoms. The van der Waals surface area contributed by atoms with Gasteiger partial charge in [-0.25, -0.2) is 9.78 Å². The van der Waals surface area contributed by atoms with Crippen LogP contribution in [0.15, 0.2) is 24.3 Å². The van der Waals surface area contributed by atoms with E-state index in [4.69, 9.17) is 0 Å². The van der Waals surface area contributed by atoms with Gasteiger partial charge in [0.25, 0.3) is 5.91 Å². The van der Waals surface area contributed by atoms with E-state index in [2.05, 4.69) is 41.0 Å². The van der Waals surface area contributed by atoms with Gasteiger partial charge < -0.3 is 20.1 Å². The molecule has 1 spiro atoms. The monoisotopic (exact) mass is 480 g/mol. The lowest BCUT2D eigenvalue weighted by molar-refractivity contribution is -0.139. The summed E-state index contributed by atoms with van der Waals surface area (Å²) in [5.41, 5.74) is 1.26. The number of fused-ring (bicyclic) bond motifs is 1. The van der Waals surface area contributed by atoms with Gasteiger partial charge in [0.2, 0.25) is 11.9 Å². The van der Waals surface area contributed by atoms with Gasteiger partial charge in [-0.05, 0) is 55.6 Å². The molecule has 0 unspecified atom stereocenters. The van der Waals surface area contributed by atoms with E-state index in [1.54, 1.807) is 4.90 Å². The smallest absolute Gasteiger partial charge is 0.325 e. The highest BCUT2D eigenvalue weighted by Gasteiger charge is 2.53. The van der Waals surface area contributed by atoms with Gasteiger partial charge in [-0.15, -0.1) is 0 Å². The average Bonchev–Trinajstić information content (AvgIpc) is 3.22. The first-order valence-electron chi connectivity index (χ1n) is 12.8. The molecular formula is C26H36N6O3. The predicted octanol–water partition coefficient (Wildman–Crippen LogP) is 3.13. The Morgan fingerprint density at radius 2 is 1.83 bits per heavy atom. The highest BCUT2D eigenvalue weighted by atomic mass is 16.2. The Morgan fingerprint density at radius 1 is 1.09 bits per heavy atom. The van der Waals surface area contributed by atoms with Crippen LogP contribution >= 0.6 is 0 Å². The van der Waals surface area contributed by atoms with Crippen LogP contribution in [0.2, 0.25) is 0 Å². The molecule has 2 aromatic rings. The highest BCUT2D eigenvalue weighted by Crippen LogP contribution is 2.43. The lowest BCUT2D eigenvalue weighted by Crippen LogP contribution is -2.51. The summed E-state index contributed by atoms with van der Waals surface area (Å²) in [5.74, 6) is 0.921. The third kappa shape index (κ3) is 4.48. The molecule has 2 saturated heterocycles. The summed E-state index contributed by atoms with van der Waals surface area (Å²) in [6, 6.07) is 7.48. The maximum Gasteiger partial charge on any atom is 0.325 e. The summed E-state index contributed by atoms with van der Waals surface area (Å²) < 4.78 is 0. The molecule has 3 aliphatic rings. The zero-order valence-corrected chi connectivity index (χ0v) is 21.0. The van der Waals surface area contributed by atoms with E-state index in [0.717, 1.165) is 47.7 Å². The Hall–Kier alpha value is -3.10. The minimum absolute atomic E-state index is 0.180. The quantitative estimate of drug-likeness (QED) is 0.658. The maximum absolute atomic E-state index is 13.3. The van der Waals surface area contributed by atoms with Crippen LogP contribution in [0.5, 0.6) is 0 Å². The number of amides is 4. The number of imidazole rings is 1.